The molecule has 3 N–H and O–H groups in total. The van der Waals surface area contributed by atoms with Gasteiger partial charge in [-0.2, -0.15) is 5.26 Å². The van der Waals surface area contributed by atoms with Crippen LogP contribution in [0.1, 0.15) is 35.5 Å². The van der Waals surface area contributed by atoms with Gasteiger partial charge in [0.1, 0.15) is 17.3 Å². The summed E-state index contributed by atoms with van der Waals surface area (Å²) >= 11 is 1.21. The second-order valence-electron chi connectivity index (χ2n) is 9.21. The first-order valence-electron chi connectivity index (χ1n) is 12.3. The van der Waals surface area contributed by atoms with Gasteiger partial charge in [0, 0.05) is 11.4 Å². The van der Waals surface area contributed by atoms with Crippen LogP contribution in [0, 0.1) is 32.1 Å². The molecule has 2 aromatic carbocycles. The minimum Gasteiger partial charge on any atom is -0.495 e. The number of hydrogen-bond donors (Lipinski definition) is 3. The van der Waals surface area contributed by atoms with Gasteiger partial charge in [0.15, 0.2) is 0 Å². The standard InChI is InChI=1S/C30H30N4O4S/c1-17-10-11-18(2)23(14-17)33-26(35)16-39-30-21(15-31)28(25-13-12-19(3)38-25)27(20(4)32-30)29(36)34-22-8-6-7-9-24(22)37-5/h6-14,28,32H,16H2,1-5H3,(H,33,35)(H,34,36). The van der Waals surface area contributed by atoms with Gasteiger partial charge in [-0.1, -0.05) is 36.0 Å². The predicted molar refractivity (Wildman–Crippen MR) is 153 cm³/mol. The fourth-order valence-electron chi connectivity index (χ4n) is 4.35. The summed E-state index contributed by atoms with van der Waals surface area (Å²) in [6.07, 6.45) is 0. The van der Waals surface area contributed by atoms with E-state index in [-0.39, 0.29) is 11.7 Å². The van der Waals surface area contributed by atoms with Crippen LogP contribution in [0.2, 0.25) is 0 Å². The van der Waals surface area contributed by atoms with Crippen molar-refractivity contribution in [2.24, 2.45) is 0 Å². The number of carbonyl (C=O) groups excluding carboxylic acids is 2. The molecule has 4 rings (SSSR count). The lowest BCUT2D eigenvalue weighted by molar-refractivity contribution is -0.114. The van der Waals surface area contributed by atoms with Crippen LogP contribution in [-0.4, -0.2) is 24.7 Å². The summed E-state index contributed by atoms with van der Waals surface area (Å²) < 4.78 is 11.3. The third kappa shape index (κ3) is 6.19. The summed E-state index contributed by atoms with van der Waals surface area (Å²) in [6, 6.07) is 18.8. The number of hydrogen-bond acceptors (Lipinski definition) is 7. The molecule has 0 saturated carbocycles. The molecule has 2 heterocycles. The fraction of sp³-hybridized carbons (Fsp3) is 0.233. The molecular formula is C30H30N4O4S. The van der Waals surface area contributed by atoms with E-state index < -0.39 is 11.8 Å². The molecule has 200 valence electrons. The zero-order valence-electron chi connectivity index (χ0n) is 22.5. The summed E-state index contributed by atoms with van der Waals surface area (Å²) in [7, 11) is 1.53. The SMILES string of the molecule is COc1ccccc1NC(=O)C1=C(C)NC(SCC(=O)Nc2cc(C)ccc2C)=C(C#N)C1c1ccc(C)o1. The van der Waals surface area contributed by atoms with Gasteiger partial charge in [-0.05, 0) is 69.2 Å². The Morgan fingerprint density at radius 3 is 2.51 bits per heavy atom. The Balaban J connectivity index is 1.62. The van der Waals surface area contributed by atoms with Gasteiger partial charge in [0.05, 0.1) is 46.7 Å². The molecular weight excluding hydrogens is 512 g/mol. The molecule has 0 radical (unpaired) electrons. The highest BCUT2D eigenvalue weighted by molar-refractivity contribution is 8.03. The van der Waals surface area contributed by atoms with Gasteiger partial charge in [-0.15, -0.1) is 0 Å². The van der Waals surface area contributed by atoms with Gasteiger partial charge in [0.2, 0.25) is 5.91 Å². The van der Waals surface area contributed by atoms with Crippen molar-refractivity contribution in [1.29, 1.82) is 5.26 Å². The number of thioether (sulfide) groups is 1. The van der Waals surface area contributed by atoms with E-state index in [4.69, 9.17) is 9.15 Å². The fourth-order valence-corrected chi connectivity index (χ4v) is 5.24. The van der Waals surface area contributed by atoms with Gasteiger partial charge >= 0.3 is 0 Å². The highest BCUT2D eigenvalue weighted by Crippen LogP contribution is 2.42. The number of carbonyl (C=O) groups is 2. The van der Waals surface area contributed by atoms with E-state index in [9.17, 15) is 14.9 Å². The van der Waals surface area contributed by atoms with Crippen molar-refractivity contribution in [2.75, 3.05) is 23.5 Å². The predicted octanol–water partition coefficient (Wildman–Crippen LogP) is 5.92. The number of rotatable bonds is 8. The number of nitriles is 1. The van der Waals surface area contributed by atoms with Crippen molar-refractivity contribution in [3.05, 3.63) is 99.1 Å². The van der Waals surface area contributed by atoms with E-state index in [1.54, 1.807) is 44.2 Å². The molecule has 39 heavy (non-hydrogen) atoms. The first-order chi connectivity index (χ1) is 18.7. The summed E-state index contributed by atoms with van der Waals surface area (Å²) in [5, 5.41) is 19.8. The third-order valence-electron chi connectivity index (χ3n) is 6.31. The normalized spacial score (nSPS) is 14.9. The summed E-state index contributed by atoms with van der Waals surface area (Å²) in [5.74, 6) is 0.351. The van der Waals surface area contributed by atoms with E-state index in [2.05, 4.69) is 22.0 Å². The summed E-state index contributed by atoms with van der Waals surface area (Å²) in [6.45, 7) is 7.47. The number of ether oxygens (including phenoxy) is 1. The third-order valence-corrected chi connectivity index (χ3v) is 7.32. The number of benzene rings is 2. The molecule has 1 aromatic heterocycles. The van der Waals surface area contributed by atoms with Gasteiger partial charge in [-0.25, -0.2) is 0 Å². The molecule has 9 heteroatoms. The van der Waals surface area contributed by atoms with Crippen LogP contribution in [0.5, 0.6) is 5.75 Å². The molecule has 0 saturated heterocycles. The monoisotopic (exact) mass is 542 g/mol. The Hall–Kier alpha value is -4.42. The lowest BCUT2D eigenvalue weighted by Crippen LogP contribution is -2.31. The van der Waals surface area contributed by atoms with Crippen molar-refractivity contribution in [2.45, 2.75) is 33.6 Å². The number of nitrogens with zero attached hydrogens (tertiary/aromatic N) is 1. The lowest BCUT2D eigenvalue weighted by atomic mass is 9.85. The molecule has 1 unspecified atom stereocenters. The van der Waals surface area contributed by atoms with E-state index in [0.29, 0.717) is 44.8 Å². The molecule has 8 nitrogen and oxygen atoms in total. The maximum Gasteiger partial charge on any atom is 0.254 e. The average Bonchev–Trinajstić information content (AvgIpc) is 3.35. The lowest BCUT2D eigenvalue weighted by Gasteiger charge is -2.28. The van der Waals surface area contributed by atoms with Crippen molar-refractivity contribution >= 4 is 35.0 Å². The molecule has 0 bridgehead atoms. The Kier molecular flexibility index (Phi) is 8.47. The van der Waals surface area contributed by atoms with Crippen LogP contribution >= 0.6 is 11.8 Å². The van der Waals surface area contributed by atoms with Crippen molar-refractivity contribution in [3.63, 3.8) is 0 Å². The highest BCUT2D eigenvalue weighted by atomic mass is 32.2. The number of methoxy groups -OCH3 is 1. The highest BCUT2D eigenvalue weighted by Gasteiger charge is 2.37. The largest absolute Gasteiger partial charge is 0.495 e. The molecule has 3 aromatic rings. The Labute approximate surface area is 232 Å². The van der Waals surface area contributed by atoms with Gasteiger partial charge in [0.25, 0.3) is 5.91 Å². The topological polar surface area (TPSA) is 116 Å². The van der Waals surface area contributed by atoms with Crippen LogP contribution in [-0.2, 0) is 9.59 Å². The first-order valence-corrected chi connectivity index (χ1v) is 13.3. The molecule has 1 aliphatic heterocycles. The zero-order valence-corrected chi connectivity index (χ0v) is 23.3. The molecule has 0 fully saturated rings. The van der Waals surface area contributed by atoms with Crippen molar-refractivity contribution in [3.8, 4) is 11.8 Å². The molecule has 1 atom stereocenters. The number of anilines is 2. The van der Waals surface area contributed by atoms with Crippen molar-refractivity contribution in [1.82, 2.24) is 5.32 Å². The van der Waals surface area contributed by atoms with Crippen LogP contribution in [0.4, 0.5) is 11.4 Å². The number of amides is 2. The molecule has 0 aliphatic carbocycles. The quantitative estimate of drug-likeness (QED) is 0.323. The van der Waals surface area contributed by atoms with E-state index in [0.717, 1.165) is 16.8 Å². The van der Waals surface area contributed by atoms with Crippen LogP contribution in [0.25, 0.3) is 0 Å². The number of aryl methyl sites for hydroxylation is 3. The Bertz CT molecular complexity index is 1530. The number of para-hydroxylation sites is 2. The maximum atomic E-state index is 13.6. The number of allylic oxidation sites excluding steroid dienone is 2. The van der Waals surface area contributed by atoms with Crippen LogP contribution in [0.15, 0.2) is 80.9 Å². The minimum atomic E-state index is -0.760. The average molecular weight is 543 g/mol. The second kappa shape index (κ2) is 12.0. The number of dihydropyridines is 1. The smallest absolute Gasteiger partial charge is 0.254 e. The van der Waals surface area contributed by atoms with E-state index in [1.807, 2.05) is 38.1 Å². The zero-order chi connectivity index (χ0) is 28.1. The number of furan rings is 1. The summed E-state index contributed by atoms with van der Waals surface area (Å²) in [5.41, 5.74) is 4.46. The molecule has 0 spiro atoms. The van der Waals surface area contributed by atoms with Crippen LogP contribution in [0.3, 0.4) is 0 Å². The Morgan fingerprint density at radius 2 is 1.82 bits per heavy atom. The minimum absolute atomic E-state index is 0.0703. The van der Waals surface area contributed by atoms with E-state index >= 15 is 0 Å². The van der Waals surface area contributed by atoms with Crippen LogP contribution < -0.4 is 20.7 Å². The van der Waals surface area contributed by atoms with Gasteiger partial charge in [-0.3, -0.25) is 9.59 Å². The van der Waals surface area contributed by atoms with Gasteiger partial charge < -0.3 is 25.1 Å². The molecule has 1 aliphatic rings. The van der Waals surface area contributed by atoms with E-state index in [1.165, 1.54) is 18.9 Å². The number of nitrogens with one attached hydrogen (secondary N) is 3. The first kappa shape index (κ1) is 27.6. The second-order valence-corrected chi connectivity index (χ2v) is 10.2. The van der Waals surface area contributed by atoms with Crippen molar-refractivity contribution < 1.29 is 18.7 Å². The Morgan fingerprint density at radius 1 is 1.05 bits per heavy atom. The maximum absolute atomic E-state index is 13.6. The molecule has 2 amide bonds. The summed E-state index contributed by atoms with van der Waals surface area (Å²) in [4.78, 5) is 26.4.